The van der Waals surface area contributed by atoms with Gasteiger partial charge in [-0.2, -0.15) is 0 Å². The first-order valence-electron chi connectivity index (χ1n) is 8.13. The van der Waals surface area contributed by atoms with E-state index in [4.69, 9.17) is 0 Å². The van der Waals surface area contributed by atoms with E-state index in [-0.39, 0.29) is 5.91 Å². The zero-order valence-corrected chi connectivity index (χ0v) is 13.0. The number of likely N-dealkylation sites (tertiary alicyclic amines) is 1. The predicted octanol–water partition coefficient (Wildman–Crippen LogP) is 2.63. The highest BCUT2D eigenvalue weighted by atomic mass is 16.2. The maximum atomic E-state index is 12.0. The van der Waals surface area contributed by atoms with E-state index in [2.05, 4.69) is 21.9 Å². The number of carbonyl (C=O) groups is 1. The average molecular weight is 300 g/mol. The van der Waals surface area contributed by atoms with Gasteiger partial charge in [0, 0.05) is 37.9 Å². The molecular weight excluding hydrogens is 276 g/mol. The van der Waals surface area contributed by atoms with Crippen LogP contribution in [0.15, 0.2) is 31.1 Å². The third-order valence-electron chi connectivity index (χ3n) is 5.00. The molecule has 1 aliphatic heterocycles. The average Bonchev–Trinajstić information content (AvgIpc) is 2.53. The molecule has 1 saturated carbocycles. The van der Waals surface area contributed by atoms with Gasteiger partial charge in [0.2, 0.25) is 11.9 Å². The molecule has 0 bridgehead atoms. The summed E-state index contributed by atoms with van der Waals surface area (Å²) in [6, 6.07) is 2.30. The maximum absolute atomic E-state index is 12.0. The first-order chi connectivity index (χ1) is 10.7. The van der Waals surface area contributed by atoms with E-state index in [0.29, 0.717) is 17.9 Å². The molecule has 0 atom stereocenters. The molecule has 1 spiro atoms. The van der Waals surface area contributed by atoms with Crippen molar-refractivity contribution in [1.29, 1.82) is 0 Å². The van der Waals surface area contributed by atoms with Crippen LogP contribution in [-0.4, -0.2) is 39.9 Å². The van der Waals surface area contributed by atoms with E-state index in [9.17, 15) is 4.79 Å². The van der Waals surface area contributed by atoms with Crippen LogP contribution in [0, 0.1) is 5.41 Å². The van der Waals surface area contributed by atoms with E-state index in [0.717, 1.165) is 38.3 Å². The fraction of sp³-hybridized carbons (Fsp3) is 0.588. The summed E-state index contributed by atoms with van der Waals surface area (Å²) in [5, 5.41) is 3.40. The number of rotatable bonds is 5. The summed E-state index contributed by atoms with van der Waals surface area (Å²) in [5.41, 5.74) is 0.432. The molecule has 0 unspecified atom stereocenters. The zero-order chi connectivity index (χ0) is 15.4. The standard InChI is InChI=1S/C17H24N4O/c1-2-3-5-15(22)21-10-6-17(7-11-21)12-14(13-17)20-16-18-8-4-9-19-16/h2,4,8-9,14H,1,3,5-7,10-13H2,(H,18,19,20). The summed E-state index contributed by atoms with van der Waals surface area (Å²) < 4.78 is 0. The summed E-state index contributed by atoms with van der Waals surface area (Å²) in [6.45, 7) is 5.49. The summed E-state index contributed by atoms with van der Waals surface area (Å²) in [6.07, 6.45) is 11.3. The molecule has 1 N–H and O–H groups in total. The maximum Gasteiger partial charge on any atom is 0.222 e. The highest BCUT2D eigenvalue weighted by Gasteiger charge is 2.46. The number of hydrogen-bond acceptors (Lipinski definition) is 4. The molecule has 3 rings (SSSR count). The van der Waals surface area contributed by atoms with Crippen LogP contribution in [-0.2, 0) is 4.79 Å². The minimum Gasteiger partial charge on any atom is -0.351 e. The number of hydrogen-bond donors (Lipinski definition) is 1. The van der Waals surface area contributed by atoms with E-state index in [1.807, 2.05) is 17.0 Å². The molecule has 1 aliphatic carbocycles. The third-order valence-corrected chi connectivity index (χ3v) is 5.00. The Labute approximate surface area is 131 Å². The molecule has 5 heteroatoms. The highest BCUT2D eigenvalue weighted by Crippen LogP contribution is 2.49. The monoisotopic (exact) mass is 300 g/mol. The van der Waals surface area contributed by atoms with Crippen molar-refractivity contribution < 1.29 is 4.79 Å². The van der Waals surface area contributed by atoms with Gasteiger partial charge in [0.1, 0.15) is 0 Å². The van der Waals surface area contributed by atoms with Crippen LogP contribution < -0.4 is 5.32 Å². The Hall–Kier alpha value is -1.91. The summed E-state index contributed by atoms with van der Waals surface area (Å²) in [5.74, 6) is 1.00. The van der Waals surface area contributed by atoms with Gasteiger partial charge in [-0.25, -0.2) is 9.97 Å². The normalized spacial score (nSPS) is 20.5. The molecule has 5 nitrogen and oxygen atoms in total. The zero-order valence-electron chi connectivity index (χ0n) is 13.0. The second kappa shape index (κ2) is 6.46. The minimum atomic E-state index is 0.279. The van der Waals surface area contributed by atoms with Crippen molar-refractivity contribution in [3.8, 4) is 0 Å². The largest absolute Gasteiger partial charge is 0.351 e. The minimum absolute atomic E-state index is 0.279. The van der Waals surface area contributed by atoms with Crippen LogP contribution in [0.2, 0.25) is 0 Å². The van der Waals surface area contributed by atoms with Gasteiger partial charge in [-0.05, 0) is 43.6 Å². The molecule has 2 fully saturated rings. The van der Waals surface area contributed by atoms with E-state index >= 15 is 0 Å². The number of amides is 1. The van der Waals surface area contributed by atoms with Gasteiger partial charge in [0.05, 0.1) is 0 Å². The number of nitrogens with one attached hydrogen (secondary N) is 1. The van der Waals surface area contributed by atoms with Crippen molar-refractivity contribution in [2.75, 3.05) is 18.4 Å². The molecule has 22 heavy (non-hydrogen) atoms. The summed E-state index contributed by atoms with van der Waals surface area (Å²) in [4.78, 5) is 22.5. The van der Waals surface area contributed by atoms with E-state index in [1.54, 1.807) is 12.4 Å². The van der Waals surface area contributed by atoms with Gasteiger partial charge in [-0.15, -0.1) is 6.58 Å². The topological polar surface area (TPSA) is 58.1 Å². The molecule has 0 aromatic carbocycles. The first kappa shape index (κ1) is 15.0. The van der Waals surface area contributed by atoms with Crippen LogP contribution in [0.3, 0.4) is 0 Å². The number of aromatic nitrogens is 2. The Bertz CT molecular complexity index is 515. The molecule has 2 heterocycles. The summed E-state index contributed by atoms with van der Waals surface area (Å²) >= 11 is 0. The lowest BCUT2D eigenvalue weighted by Gasteiger charge is -2.52. The second-order valence-corrected chi connectivity index (χ2v) is 6.53. The van der Waals surface area contributed by atoms with Crippen molar-refractivity contribution in [2.24, 2.45) is 5.41 Å². The number of piperidine rings is 1. The van der Waals surface area contributed by atoms with Crippen LogP contribution >= 0.6 is 0 Å². The fourth-order valence-corrected chi connectivity index (χ4v) is 3.67. The first-order valence-corrected chi connectivity index (χ1v) is 8.13. The second-order valence-electron chi connectivity index (χ2n) is 6.53. The lowest BCUT2D eigenvalue weighted by atomic mass is 9.60. The molecule has 2 aliphatic rings. The van der Waals surface area contributed by atoms with Crippen LogP contribution in [0.25, 0.3) is 0 Å². The van der Waals surface area contributed by atoms with Crippen molar-refractivity contribution in [3.05, 3.63) is 31.1 Å². The van der Waals surface area contributed by atoms with Gasteiger partial charge in [-0.3, -0.25) is 4.79 Å². The quantitative estimate of drug-likeness (QED) is 0.849. The van der Waals surface area contributed by atoms with Crippen molar-refractivity contribution in [2.45, 2.75) is 44.6 Å². The Morgan fingerprint density at radius 3 is 2.68 bits per heavy atom. The number of allylic oxidation sites excluding steroid dienone is 1. The Morgan fingerprint density at radius 1 is 1.36 bits per heavy atom. The fourth-order valence-electron chi connectivity index (χ4n) is 3.67. The number of nitrogens with zero attached hydrogens (tertiary/aromatic N) is 3. The Kier molecular flexibility index (Phi) is 4.41. The lowest BCUT2D eigenvalue weighted by Crippen LogP contribution is -2.52. The third kappa shape index (κ3) is 3.29. The van der Waals surface area contributed by atoms with Crippen LogP contribution in [0.1, 0.15) is 38.5 Å². The molecule has 1 saturated heterocycles. The molecule has 118 valence electrons. The number of anilines is 1. The molecule has 0 radical (unpaired) electrons. The van der Waals surface area contributed by atoms with Crippen molar-refractivity contribution >= 4 is 11.9 Å². The van der Waals surface area contributed by atoms with Crippen LogP contribution in [0.5, 0.6) is 0 Å². The van der Waals surface area contributed by atoms with Gasteiger partial charge < -0.3 is 10.2 Å². The molecular formula is C17H24N4O. The highest BCUT2D eigenvalue weighted by molar-refractivity contribution is 5.76. The molecule has 1 amide bonds. The van der Waals surface area contributed by atoms with Gasteiger partial charge in [-0.1, -0.05) is 6.08 Å². The van der Waals surface area contributed by atoms with Crippen molar-refractivity contribution in [1.82, 2.24) is 14.9 Å². The Morgan fingerprint density at radius 2 is 2.05 bits per heavy atom. The van der Waals surface area contributed by atoms with E-state index < -0.39 is 0 Å². The van der Waals surface area contributed by atoms with Gasteiger partial charge in [0.15, 0.2) is 0 Å². The number of carbonyl (C=O) groups excluding carboxylic acids is 1. The molecule has 1 aromatic rings. The van der Waals surface area contributed by atoms with Crippen LogP contribution in [0.4, 0.5) is 5.95 Å². The molecule has 1 aromatic heterocycles. The van der Waals surface area contributed by atoms with Crippen molar-refractivity contribution in [3.63, 3.8) is 0 Å². The SMILES string of the molecule is C=CCCC(=O)N1CCC2(CC1)CC(Nc1ncccn1)C2. The smallest absolute Gasteiger partial charge is 0.222 e. The predicted molar refractivity (Wildman–Crippen MR) is 86.4 cm³/mol. The Balaban J connectivity index is 1.43. The lowest BCUT2D eigenvalue weighted by molar-refractivity contribution is -0.134. The van der Waals surface area contributed by atoms with Gasteiger partial charge >= 0.3 is 0 Å². The summed E-state index contributed by atoms with van der Waals surface area (Å²) in [7, 11) is 0. The van der Waals surface area contributed by atoms with E-state index in [1.165, 1.54) is 12.8 Å². The van der Waals surface area contributed by atoms with Gasteiger partial charge in [0.25, 0.3) is 0 Å².